The highest BCUT2D eigenvalue weighted by Crippen LogP contribution is 2.45. The van der Waals surface area contributed by atoms with Crippen LogP contribution >= 0.6 is 0 Å². The summed E-state index contributed by atoms with van der Waals surface area (Å²) in [6, 6.07) is 16.3. The van der Waals surface area contributed by atoms with E-state index in [0.29, 0.717) is 5.82 Å². The van der Waals surface area contributed by atoms with Crippen LogP contribution in [-0.4, -0.2) is 45.8 Å². The number of hydrogen-bond donors (Lipinski definition) is 1. The van der Waals surface area contributed by atoms with Crippen LogP contribution in [-0.2, 0) is 0 Å². The molecule has 1 aliphatic rings. The zero-order valence-electron chi connectivity index (χ0n) is 16.3. The maximum absolute atomic E-state index is 5.73. The van der Waals surface area contributed by atoms with E-state index in [1.165, 1.54) is 6.42 Å². The molecule has 5 rings (SSSR count). The Kier molecular flexibility index (Phi) is 4.56. The van der Waals surface area contributed by atoms with Gasteiger partial charge in [-0.2, -0.15) is 5.21 Å². The Hall–Kier alpha value is -3.48. The SMILES string of the molecule is COc1cccc2nc(N3CCCCC3)c(-c3nn[nH]n3)c(-c3ccccc3)c12. The number of pyridine rings is 1. The fourth-order valence-corrected chi connectivity index (χ4v) is 4.15. The molecule has 29 heavy (non-hydrogen) atoms. The van der Waals surface area contributed by atoms with E-state index >= 15 is 0 Å². The van der Waals surface area contributed by atoms with Gasteiger partial charge in [0.15, 0.2) is 0 Å². The second kappa shape index (κ2) is 7.50. The number of tetrazole rings is 1. The van der Waals surface area contributed by atoms with E-state index in [2.05, 4.69) is 37.7 Å². The number of H-pyrrole nitrogens is 1. The molecule has 1 saturated heterocycles. The zero-order valence-corrected chi connectivity index (χ0v) is 16.3. The Morgan fingerprint density at radius 1 is 0.931 bits per heavy atom. The minimum atomic E-state index is 0.546. The highest BCUT2D eigenvalue weighted by atomic mass is 16.5. The van der Waals surface area contributed by atoms with Crippen LogP contribution in [0.4, 0.5) is 5.82 Å². The zero-order chi connectivity index (χ0) is 19.6. The van der Waals surface area contributed by atoms with Gasteiger partial charge in [0.05, 0.1) is 23.6 Å². The molecule has 1 N–H and O–H groups in total. The van der Waals surface area contributed by atoms with Crippen molar-refractivity contribution in [3.8, 4) is 28.3 Å². The van der Waals surface area contributed by atoms with Gasteiger partial charge in [-0.05, 0) is 42.2 Å². The molecule has 0 amide bonds. The summed E-state index contributed by atoms with van der Waals surface area (Å²) in [7, 11) is 1.69. The fraction of sp³-hybridized carbons (Fsp3) is 0.273. The third-order valence-electron chi connectivity index (χ3n) is 5.46. The lowest BCUT2D eigenvalue weighted by molar-refractivity contribution is 0.420. The number of fused-ring (bicyclic) bond motifs is 1. The van der Waals surface area contributed by atoms with Crippen LogP contribution in [0.5, 0.6) is 5.75 Å². The molecule has 7 heteroatoms. The number of anilines is 1. The standard InChI is InChI=1S/C22H22N6O/c1-29-17-12-8-11-16-19(17)18(15-9-4-2-5-10-15)20(21-24-26-27-25-21)22(23-16)28-13-6-3-7-14-28/h2,4-5,8-12H,3,6-7,13-14H2,1H3,(H,24,25,26,27). The highest BCUT2D eigenvalue weighted by molar-refractivity contribution is 6.08. The lowest BCUT2D eigenvalue weighted by Gasteiger charge is -2.30. The molecule has 0 bridgehead atoms. The fourth-order valence-electron chi connectivity index (χ4n) is 4.15. The van der Waals surface area contributed by atoms with E-state index < -0.39 is 0 Å². The van der Waals surface area contributed by atoms with Gasteiger partial charge in [0.1, 0.15) is 11.6 Å². The van der Waals surface area contributed by atoms with Crippen molar-refractivity contribution < 1.29 is 4.74 Å². The minimum absolute atomic E-state index is 0.546. The average molecular weight is 386 g/mol. The van der Waals surface area contributed by atoms with Gasteiger partial charge in [-0.1, -0.05) is 36.4 Å². The Balaban J connectivity index is 1.91. The van der Waals surface area contributed by atoms with Crippen LogP contribution in [0.15, 0.2) is 48.5 Å². The second-order valence-corrected chi connectivity index (χ2v) is 7.19. The minimum Gasteiger partial charge on any atom is -0.496 e. The average Bonchev–Trinajstić information content (AvgIpc) is 3.33. The lowest BCUT2D eigenvalue weighted by atomic mass is 9.94. The number of benzene rings is 2. The van der Waals surface area contributed by atoms with E-state index in [-0.39, 0.29) is 0 Å². The third kappa shape index (κ3) is 3.08. The van der Waals surface area contributed by atoms with Crippen molar-refractivity contribution in [1.82, 2.24) is 25.6 Å². The molecule has 0 spiro atoms. The maximum Gasteiger partial charge on any atom is 0.209 e. The van der Waals surface area contributed by atoms with E-state index in [0.717, 1.165) is 65.1 Å². The summed E-state index contributed by atoms with van der Waals surface area (Å²) >= 11 is 0. The molecule has 0 radical (unpaired) electrons. The first kappa shape index (κ1) is 17.6. The van der Waals surface area contributed by atoms with Crippen LogP contribution in [0.25, 0.3) is 33.4 Å². The predicted molar refractivity (Wildman–Crippen MR) is 113 cm³/mol. The number of hydrogen-bond acceptors (Lipinski definition) is 6. The number of ether oxygens (including phenoxy) is 1. The highest BCUT2D eigenvalue weighted by Gasteiger charge is 2.26. The van der Waals surface area contributed by atoms with E-state index in [9.17, 15) is 0 Å². The molecule has 3 heterocycles. The van der Waals surface area contributed by atoms with Gasteiger partial charge in [0.25, 0.3) is 0 Å². The maximum atomic E-state index is 5.73. The van der Waals surface area contributed by atoms with Crippen molar-refractivity contribution in [2.45, 2.75) is 19.3 Å². The van der Waals surface area contributed by atoms with Crippen molar-refractivity contribution >= 4 is 16.7 Å². The number of methoxy groups -OCH3 is 1. The smallest absolute Gasteiger partial charge is 0.209 e. The summed E-state index contributed by atoms with van der Waals surface area (Å²) < 4.78 is 5.73. The molecule has 2 aromatic carbocycles. The Bertz CT molecular complexity index is 1120. The van der Waals surface area contributed by atoms with E-state index in [1.54, 1.807) is 7.11 Å². The summed E-state index contributed by atoms with van der Waals surface area (Å²) in [6.07, 6.45) is 3.56. The van der Waals surface area contributed by atoms with Gasteiger partial charge >= 0.3 is 0 Å². The molecule has 1 aliphatic heterocycles. The van der Waals surface area contributed by atoms with Gasteiger partial charge < -0.3 is 9.64 Å². The van der Waals surface area contributed by atoms with E-state index in [1.807, 2.05) is 36.4 Å². The predicted octanol–water partition coefficient (Wildman–Crippen LogP) is 4.08. The number of piperidine rings is 1. The lowest BCUT2D eigenvalue weighted by Crippen LogP contribution is -2.31. The second-order valence-electron chi connectivity index (χ2n) is 7.19. The molecule has 7 nitrogen and oxygen atoms in total. The van der Waals surface area contributed by atoms with E-state index in [4.69, 9.17) is 9.72 Å². The van der Waals surface area contributed by atoms with Crippen molar-refractivity contribution in [2.24, 2.45) is 0 Å². The molecular formula is C22H22N6O. The summed E-state index contributed by atoms with van der Waals surface area (Å²) in [4.78, 5) is 7.42. The van der Waals surface area contributed by atoms with Crippen LogP contribution in [0, 0.1) is 0 Å². The van der Waals surface area contributed by atoms with Gasteiger partial charge in [-0.25, -0.2) is 4.98 Å². The number of nitrogens with zero attached hydrogens (tertiary/aromatic N) is 5. The molecule has 4 aromatic rings. The largest absolute Gasteiger partial charge is 0.496 e. The normalized spacial score (nSPS) is 14.3. The third-order valence-corrected chi connectivity index (χ3v) is 5.46. The summed E-state index contributed by atoms with van der Waals surface area (Å²) in [5.74, 6) is 2.24. The van der Waals surface area contributed by atoms with Gasteiger partial charge in [0.2, 0.25) is 5.82 Å². The van der Waals surface area contributed by atoms with Crippen molar-refractivity contribution in [1.29, 1.82) is 0 Å². The van der Waals surface area contributed by atoms with Crippen molar-refractivity contribution in [3.05, 3.63) is 48.5 Å². The molecular weight excluding hydrogens is 364 g/mol. The molecule has 146 valence electrons. The van der Waals surface area contributed by atoms with Crippen LogP contribution in [0.3, 0.4) is 0 Å². The van der Waals surface area contributed by atoms with Crippen molar-refractivity contribution in [3.63, 3.8) is 0 Å². The number of rotatable bonds is 4. The Morgan fingerprint density at radius 2 is 1.76 bits per heavy atom. The van der Waals surface area contributed by atoms with Crippen LogP contribution in [0.1, 0.15) is 19.3 Å². The summed E-state index contributed by atoms with van der Waals surface area (Å²) in [5, 5.41) is 16.1. The Morgan fingerprint density at radius 3 is 2.48 bits per heavy atom. The van der Waals surface area contributed by atoms with Crippen molar-refractivity contribution in [2.75, 3.05) is 25.1 Å². The molecule has 0 saturated carbocycles. The van der Waals surface area contributed by atoms with Gasteiger partial charge in [-0.15, -0.1) is 10.2 Å². The van der Waals surface area contributed by atoms with Crippen LogP contribution in [0.2, 0.25) is 0 Å². The summed E-state index contributed by atoms with van der Waals surface area (Å²) in [6.45, 7) is 1.95. The monoisotopic (exact) mass is 386 g/mol. The molecule has 0 aliphatic carbocycles. The quantitative estimate of drug-likeness (QED) is 0.569. The molecule has 0 atom stereocenters. The number of nitrogens with one attached hydrogen (secondary N) is 1. The van der Waals surface area contributed by atoms with Crippen LogP contribution < -0.4 is 9.64 Å². The number of aromatic nitrogens is 5. The Labute approximate surface area is 168 Å². The molecule has 1 fully saturated rings. The first-order valence-electron chi connectivity index (χ1n) is 9.91. The summed E-state index contributed by atoms with van der Waals surface area (Å²) in [5.41, 5.74) is 3.89. The van der Waals surface area contributed by atoms with Gasteiger partial charge in [-0.3, -0.25) is 0 Å². The van der Waals surface area contributed by atoms with Gasteiger partial charge in [0, 0.05) is 18.7 Å². The molecule has 2 aromatic heterocycles. The first-order chi connectivity index (χ1) is 14.4. The topological polar surface area (TPSA) is 79.8 Å². The number of aromatic amines is 1. The first-order valence-corrected chi connectivity index (χ1v) is 9.91. The molecule has 0 unspecified atom stereocenters.